The summed E-state index contributed by atoms with van der Waals surface area (Å²) in [6, 6.07) is 11.1. The second-order valence-electron chi connectivity index (χ2n) is 8.16. The van der Waals surface area contributed by atoms with Gasteiger partial charge in [0.2, 0.25) is 0 Å². The molecular formula is C23H35NO2. The Morgan fingerprint density at radius 1 is 1.19 bits per heavy atom. The van der Waals surface area contributed by atoms with E-state index in [0.717, 1.165) is 24.9 Å². The lowest BCUT2D eigenvalue weighted by atomic mass is 9.58. The Labute approximate surface area is 159 Å². The van der Waals surface area contributed by atoms with Crippen molar-refractivity contribution in [2.45, 2.75) is 71.9 Å². The Hall–Kier alpha value is -1.61. The van der Waals surface area contributed by atoms with Gasteiger partial charge in [-0.25, -0.2) is 0 Å². The predicted octanol–water partition coefficient (Wildman–Crippen LogP) is 5.34. The number of benzene rings is 1. The molecule has 0 amide bonds. The second kappa shape index (κ2) is 8.85. The summed E-state index contributed by atoms with van der Waals surface area (Å²) in [7, 11) is 0. The normalized spacial score (nSPS) is 26.0. The van der Waals surface area contributed by atoms with Crippen molar-refractivity contribution in [2.75, 3.05) is 6.54 Å². The third-order valence-electron chi connectivity index (χ3n) is 6.17. The quantitative estimate of drug-likeness (QED) is 0.639. The maximum atomic E-state index is 12.7. The Bertz CT molecular complexity index is 600. The summed E-state index contributed by atoms with van der Waals surface area (Å²) < 4.78 is 0. The van der Waals surface area contributed by atoms with Gasteiger partial charge in [-0.15, -0.1) is 0 Å². The largest absolute Gasteiger partial charge is 0.481 e. The van der Waals surface area contributed by atoms with Gasteiger partial charge in [-0.1, -0.05) is 49.4 Å². The summed E-state index contributed by atoms with van der Waals surface area (Å²) in [5.41, 5.74) is 0.408. The minimum absolute atomic E-state index is 0.0253. The van der Waals surface area contributed by atoms with Crippen LogP contribution >= 0.6 is 0 Å². The number of allylic oxidation sites excluding steroid dienone is 2. The lowest BCUT2D eigenvalue weighted by Gasteiger charge is -2.46. The molecule has 3 unspecified atom stereocenters. The van der Waals surface area contributed by atoms with Gasteiger partial charge in [-0.05, 0) is 65.0 Å². The van der Waals surface area contributed by atoms with Gasteiger partial charge < -0.3 is 5.11 Å². The second-order valence-corrected chi connectivity index (χ2v) is 8.16. The van der Waals surface area contributed by atoms with Gasteiger partial charge in [0.15, 0.2) is 0 Å². The Morgan fingerprint density at radius 3 is 2.31 bits per heavy atom. The monoisotopic (exact) mass is 357 g/mol. The van der Waals surface area contributed by atoms with Crippen molar-refractivity contribution < 1.29 is 9.90 Å². The van der Waals surface area contributed by atoms with E-state index in [-0.39, 0.29) is 11.8 Å². The average Bonchev–Trinajstić information content (AvgIpc) is 2.61. The molecule has 0 aromatic heterocycles. The zero-order valence-corrected chi connectivity index (χ0v) is 17.0. The number of carboxylic acid groups (broad SMARTS) is 1. The van der Waals surface area contributed by atoms with Crippen molar-refractivity contribution in [2.24, 2.45) is 11.3 Å². The SMILES string of the molecule is CCC1C=CCC(c2ccccc2)C1(CCN(C(C)C)C(C)C)C(=O)O. The maximum absolute atomic E-state index is 12.7. The smallest absolute Gasteiger partial charge is 0.310 e. The summed E-state index contributed by atoms with van der Waals surface area (Å²) in [4.78, 5) is 15.1. The molecule has 0 saturated carbocycles. The van der Waals surface area contributed by atoms with Crippen LogP contribution in [0.5, 0.6) is 0 Å². The Kier molecular flexibility index (Phi) is 7.05. The van der Waals surface area contributed by atoms with Crippen molar-refractivity contribution in [1.82, 2.24) is 4.90 Å². The third-order valence-corrected chi connectivity index (χ3v) is 6.17. The molecule has 1 aliphatic carbocycles. The van der Waals surface area contributed by atoms with Crippen LogP contribution in [0.2, 0.25) is 0 Å². The van der Waals surface area contributed by atoms with Crippen LogP contribution < -0.4 is 0 Å². The molecule has 3 nitrogen and oxygen atoms in total. The number of carbonyl (C=O) groups is 1. The van der Waals surface area contributed by atoms with Gasteiger partial charge in [-0.2, -0.15) is 0 Å². The molecule has 1 N–H and O–H groups in total. The number of carboxylic acids is 1. The van der Waals surface area contributed by atoms with E-state index in [0.29, 0.717) is 18.5 Å². The number of aliphatic carboxylic acids is 1. The van der Waals surface area contributed by atoms with Crippen LogP contribution in [-0.2, 0) is 4.79 Å². The summed E-state index contributed by atoms with van der Waals surface area (Å²) in [6.07, 6.45) is 6.69. The highest BCUT2D eigenvalue weighted by atomic mass is 16.4. The number of hydrogen-bond acceptors (Lipinski definition) is 2. The van der Waals surface area contributed by atoms with E-state index in [2.05, 4.69) is 63.8 Å². The van der Waals surface area contributed by atoms with Crippen LogP contribution in [0.4, 0.5) is 0 Å². The van der Waals surface area contributed by atoms with E-state index >= 15 is 0 Å². The molecule has 1 aromatic carbocycles. The number of rotatable bonds is 8. The lowest BCUT2D eigenvalue weighted by molar-refractivity contribution is -0.155. The molecule has 0 bridgehead atoms. The van der Waals surface area contributed by atoms with Gasteiger partial charge >= 0.3 is 5.97 Å². The molecule has 0 spiro atoms. The molecule has 0 fully saturated rings. The highest BCUT2D eigenvalue weighted by Crippen LogP contribution is 2.52. The minimum Gasteiger partial charge on any atom is -0.481 e. The molecule has 26 heavy (non-hydrogen) atoms. The van der Waals surface area contributed by atoms with Gasteiger partial charge in [0.05, 0.1) is 5.41 Å². The van der Waals surface area contributed by atoms with Crippen LogP contribution in [0.3, 0.4) is 0 Å². The topological polar surface area (TPSA) is 40.5 Å². The van der Waals surface area contributed by atoms with E-state index in [9.17, 15) is 9.90 Å². The third kappa shape index (κ3) is 4.03. The number of nitrogens with zero attached hydrogens (tertiary/aromatic N) is 1. The standard InChI is InChI=1S/C23H35NO2/c1-6-20-13-10-14-21(19-11-8-7-9-12-19)23(20,22(25)26)15-16-24(17(2)3)18(4)5/h7-13,17-18,20-21H,6,14-16H2,1-5H3,(H,25,26). The van der Waals surface area contributed by atoms with E-state index in [1.165, 1.54) is 0 Å². The van der Waals surface area contributed by atoms with Crippen molar-refractivity contribution >= 4 is 5.97 Å². The first-order valence-corrected chi connectivity index (χ1v) is 10.0. The van der Waals surface area contributed by atoms with Crippen LogP contribution in [0, 0.1) is 11.3 Å². The van der Waals surface area contributed by atoms with E-state index in [1.54, 1.807) is 0 Å². The van der Waals surface area contributed by atoms with E-state index in [1.807, 2.05) is 18.2 Å². The van der Waals surface area contributed by atoms with E-state index < -0.39 is 11.4 Å². The summed E-state index contributed by atoms with van der Waals surface area (Å²) in [5, 5.41) is 10.5. The molecular weight excluding hydrogens is 322 g/mol. The van der Waals surface area contributed by atoms with Crippen LogP contribution in [0.1, 0.15) is 65.4 Å². The lowest BCUT2D eigenvalue weighted by Crippen LogP contribution is -2.48. The molecule has 3 heteroatoms. The van der Waals surface area contributed by atoms with Crippen molar-refractivity contribution in [3.8, 4) is 0 Å². The Morgan fingerprint density at radius 2 is 1.81 bits per heavy atom. The van der Waals surface area contributed by atoms with Crippen molar-refractivity contribution in [1.29, 1.82) is 0 Å². The summed E-state index contributed by atoms with van der Waals surface area (Å²) >= 11 is 0. The molecule has 1 aliphatic rings. The highest BCUT2D eigenvalue weighted by Gasteiger charge is 2.51. The molecule has 144 valence electrons. The molecule has 2 rings (SSSR count). The Balaban J connectivity index is 2.44. The fourth-order valence-corrected chi connectivity index (χ4v) is 4.84. The fraction of sp³-hybridized carbons (Fsp3) is 0.609. The first kappa shape index (κ1) is 20.7. The minimum atomic E-state index is -0.743. The summed E-state index contributed by atoms with van der Waals surface area (Å²) in [6.45, 7) is 11.7. The summed E-state index contributed by atoms with van der Waals surface area (Å²) in [5.74, 6) is -0.549. The highest BCUT2D eigenvalue weighted by molar-refractivity contribution is 5.77. The van der Waals surface area contributed by atoms with Crippen LogP contribution in [0.25, 0.3) is 0 Å². The molecule has 1 aromatic rings. The van der Waals surface area contributed by atoms with Gasteiger partial charge in [0.1, 0.15) is 0 Å². The maximum Gasteiger partial charge on any atom is 0.310 e. The van der Waals surface area contributed by atoms with Gasteiger partial charge in [-0.3, -0.25) is 9.69 Å². The molecule has 0 saturated heterocycles. The van der Waals surface area contributed by atoms with E-state index in [4.69, 9.17) is 0 Å². The number of hydrogen-bond donors (Lipinski definition) is 1. The zero-order valence-electron chi connectivity index (χ0n) is 17.0. The van der Waals surface area contributed by atoms with Gasteiger partial charge in [0.25, 0.3) is 0 Å². The van der Waals surface area contributed by atoms with Crippen molar-refractivity contribution in [3.05, 3.63) is 48.0 Å². The molecule has 0 aliphatic heterocycles. The van der Waals surface area contributed by atoms with Crippen molar-refractivity contribution in [3.63, 3.8) is 0 Å². The van der Waals surface area contributed by atoms with Gasteiger partial charge in [0, 0.05) is 18.0 Å². The zero-order chi connectivity index (χ0) is 19.3. The first-order chi connectivity index (χ1) is 12.3. The average molecular weight is 358 g/mol. The molecule has 0 radical (unpaired) electrons. The molecule has 0 heterocycles. The fourth-order valence-electron chi connectivity index (χ4n) is 4.84. The molecule has 3 atom stereocenters. The van der Waals surface area contributed by atoms with Crippen LogP contribution in [0.15, 0.2) is 42.5 Å². The van der Waals surface area contributed by atoms with Crippen LogP contribution in [-0.4, -0.2) is 34.6 Å². The first-order valence-electron chi connectivity index (χ1n) is 10.0. The predicted molar refractivity (Wildman–Crippen MR) is 108 cm³/mol.